The Bertz CT molecular complexity index is 311. The van der Waals surface area contributed by atoms with Crippen molar-refractivity contribution in [3.63, 3.8) is 0 Å². The van der Waals surface area contributed by atoms with Crippen molar-refractivity contribution in [2.75, 3.05) is 13.6 Å². The fraction of sp³-hybridized carbons (Fsp3) is 1.00. The standard InChI is InChI=1S/C15H27F3N2/c1-10-9-20(3)11(2)8-14(10)19-13-6-4-12(5-7-13)15(16,17)18/h10-14,19H,4-9H2,1-3H3. The van der Waals surface area contributed by atoms with Crippen LogP contribution in [-0.2, 0) is 0 Å². The van der Waals surface area contributed by atoms with E-state index in [0.717, 1.165) is 13.0 Å². The van der Waals surface area contributed by atoms with E-state index in [-0.39, 0.29) is 18.9 Å². The van der Waals surface area contributed by atoms with E-state index >= 15 is 0 Å². The van der Waals surface area contributed by atoms with E-state index in [1.54, 1.807) is 0 Å². The van der Waals surface area contributed by atoms with E-state index in [2.05, 4.69) is 31.1 Å². The lowest BCUT2D eigenvalue weighted by Crippen LogP contribution is -2.54. The molecular formula is C15H27F3N2. The smallest absolute Gasteiger partial charge is 0.311 e. The average molecular weight is 292 g/mol. The number of piperidine rings is 1. The van der Waals surface area contributed by atoms with Crippen molar-refractivity contribution in [1.29, 1.82) is 0 Å². The highest BCUT2D eigenvalue weighted by atomic mass is 19.4. The summed E-state index contributed by atoms with van der Waals surface area (Å²) in [5.74, 6) is -0.508. The van der Waals surface area contributed by atoms with Crippen molar-refractivity contribution in [2.24, 2.45) is 11.8 Å². The summed E-state index contributed by atoms with van der Waals surface area (Å²) in [5.41, 5.74) is 0. The summed E-state index contributed by atoms with van der Waals surface area (Å²) in [5, 5.41) is 3.64. The Morgan fingerprint density at radius 3 is 2.20 bits per heavy atom. The third-order valence-electron chi connectivity index (χ3n) is 5.25. The number of nitrogens with one attached hydrogen (secondary N) is 1. The van der Waals surface area contributed by atoms with Gasteiger partial charge in [-0.3, -0.25) is 0 Å². The molecule has 3 unspecified atom stereocenters. The molecule has 2 aliphatic rings. The first-order chi connectivity index (χ1) is 9.27. The number of likely N-dealkylation sites (tertiary alicyclic amines) is 1. The molecule has 3 atom stereocenters. The molecule has 1 saturated carbocycles. The lowest BCUT2D eigenvalue weighted by molar-refractivity contribution is -0.182. The Morgan fingerprint density at radius 2 is 1.65 bits per heavy atom. The predicted octanol–water partition coefficient (Wildman–Crippen LogP) is 3.43. The average Bonchev–Trinajstić information content (AvgIpc) is 2.35. The molecule has 0 aromatic rings. The molecule has 20 heavy (non-hydrogen) atoms. The first-order valence-corrected chi connectivity index (χ1v) is 7.80. The van der Waals surface area contributed by atoms with Gasteiger partial charge in [0.1, 0.15) is 0 Å². The molecule has 1 aliphatic carbocycles. The molecule has 2 rings (SSSR count). The zero-order chi connectivity index (χ0) is 14.9. The second kappa shape index (κ2) is 6.22. The third kappa shape index (κ3) is 3.88. The summed E-state index contributed by atoms with van der Waals surface area (Å²) >= 11 is 0. The minimum atomic E-state index is -4.00. The number of alkyl halides is 3. The molecule has 0 aromatic carbocycles. The normalized spacial score (nSPS) is 40.8. The van der Waals surface area contributed by atoms with Gasteiger partial charge in [-0.15, -0.1) is 0 Å². The molecule has 2 nitrogen and oxygen atoms in total. The van der Waals surface area contributed by atoms with E-state index in [0.29, 0.717) is 30.8 Å². The van der Waals surface area contributed by atoms with E-state index in [4.69, 9.17) is 0 Å². The number of hydrogen-bond acceptors (Lipinski definition) is 2. The Hall–Kier alpha value is -0.290. The predicted molar refractivity (Wildman–Crippen MR) is 74.6 cm³/mol. The zero-order valence-electron chi connectivity index (χ0n) is 12.7. The maximum absolute atomic E-state index is 12.7. The number of nitrogens with zero attached hydrogens (tertiary/aromatic N) is 1. The fourth-order valence-electron chi connectivity index (χ4n) is 3.66. The Kier molecular flexibility index (Phi) is 5.00. The van der Waals surface area contributed by atoms with E-state index in [9.17, 15) is 13.2 Å². The van der Waals surface area contributed by atoms with Gasteiger partial charge in [0.15, 0.2) is 0 Å². The van der Waals surface area contributed by atoms with Gasteiger partial charge in [0.2, 0.25) is 0 Å². The molecule has 0 aromatic heterocycles. The van der Waals surface area contributed by atoms with E-state index in [1.807, 2.05) is 0 Å². The summed E-state index contributed by atoms with van der Waals surface area (Å²) in [4.78, 5) is 2.36. The van der Waals surface area contributed by atoms with Crippen LogP contribution in [0.3, 0.4) is 0 Å². The molecule has 1 aliphatic heterocycles. The van der Waals surface area contributed by atoms with Crippen LogP contribution in [0.4, 0.5) is 13.2 Å². The van der Waals surface area contributed by atoms with Crippen LogP contribution in [0, 0.1) is 11.8 Å². The molecule has 0 spiro atoms. The minimum absolute atomic E-state index is 0.275. The van der Waals surface area contributed by atoms with Crippen LogP contribution >= 0.6 is 0 Å². The summed E-state index contributed by atoms with van der Waals surface area (Å²) in [6.07, 6.45) is -0.998. The van der Waals surface area contributed by atoms with Crippen LogP contribution < -0.4 is 5.32 Å². The minimum Gasteiger partial charge on any atom is -0.311 e. The second-order valence-corrected chi connectivity index (χ2v) is 6.86. The monoisotopic (exact) mass is 292 g/mol. The van der Waals surface area contributed by atoms with Crippen molar-refractivity contribution >= 4 is 0 Å². The third-order valence-corrected chi connectivity index (χ3v) is 5.25. The van der Waals surface area contributed by atoms with Gasteiger partial charge in [-0.05, 0) is 52.0 Å². The van der Waals surface area contributed by atoms with Crippen molar-refractivity contribution in [3.8, 4) is 0 Å². The largest absolute Gasteiger partial charge is 0.391 e. The molecule has 1 saturated heterocycles. The summed E-state index contributed by atoms with van der Waals surface area (Å²) in [6.45, 7) is 5.53. The van der Waals surface area contributed by atoms with Crippen molar-refractivity contribution < 1.29 is 13.2 Å². The number of hydrogen-bond donors (Lipinski definition) is 1. The highest BCUT2D eigenvalue weighted by molar-refractivity contribution is 4.90. The fourth-order valence-corrected chi connectivity index (χ4v) is 3.66. The van der Waals surface area contributed by atoms with Crippen LogP contribution in [0.15, 0.2) is 0 Å². The first-order valence-electron chi connectivity index (χ1n) is 7.80. The maximum atomic E-state index is 12.7. The first kappa shape index (κ1) is 16.1. The zero-order valence-corrected chi connectivity index (χ0v) is 12.7. The van der Waals surface area contributed by atoms with Gasteiger partial charge in [-0.25, -0.2) is 0 Å². The lowest BCUT2D eigenvalue weighted by atomic mass is 9.83. The second-order valence-electron chi connectivity index (χ2n) is 6.86. The summed E-state index contributed by atoms with van der Waals surface area (Å²) in [7, 11) is 2.14. The molecule has 0 amide bonds. The quantitative estimate of drug-likeness (QED) is 0.839. The Morgan fingerprint density at radius 1 is 1.05 bits per heavy atom. The van der Waals surface area contributed by atoms with E-state index in [1.165, 1.54) is 0 Å². The molecule has 1 heterocycles. The molecule has 5 heteroatoms. The van der Waals surface area contributed by atoms with Crippen LogP contribution in [0.1, 0.15) is 46.0 Å². The van der Waals surface area contributed by atoms with Gasteiger partial charge in [-0.1, -0.05) is 6.92 Å². The van der Waals surface area contributed by atoms with Gasteiger partial charge < -0.3 is 10.2 Å². The molecule has 1 N–H and O–H groups in total. The van der Waals surface area contributed by atoms with Crippen molar-refractivity contribution in [3.05, 3.63) is 0 Å². The molecule has 118 valence electrons. The Labute approximate surface area is 120 Å². The van der Waals surface area contributed by atoms with E-state index < -0.39 is 12.1 Å². The number of halogens is 3. The SMILES string of the molecule is CC1CN(C)C(C)CC1NC1CCC(C(F)(F)F)CC1. The number of rotatable bonds is 2. The molecular weight excluding hydrogens is 265 g/mol. The Balaban J connectivity index is 1.81. The summed E-state index contributed by atoms with van der Waals surface area (Å²) in [6, 6.07) is 1.28. The van der Waals surface area contributed by atoms with Crippen LogP contribution in [0.25, 0.3) is 0 Å². The van der Waals surface area contributed by atoms with Crippen LogP contribution in [-0.4, -0.2) is 42.8 Å². The topological polar surface area (TPSA) is 15.3 Å². The van der Waals surface area contributed by atoms with Crippen molar-refractivity contribution in [2.45, 2.75) is 70.3 Å². The van der Waals surface area contributed by atoms with Gasteiger partial charge in [0.05, 0.1) is 5.92 Å². The van der Waals surface area contributed by atoms with Crippen molar-refractivity contribution in [1.82, 2.24) is 10.2 Å². The van der Waals surface area contributed by atoms with Gasteiger partial charge in [0, 0.05) is 24.7 Å². The van der Waals surface area contributed by atoms with Gasteiger partial charge >= 0.3 is 6.18 Å². The van der Waals surface area contributed by atoms with Crippen LogP contribution in [0.5, 0.6) is 0 Å². The van der Waals surface area contributed by atoms with Gasteiger partial charge in [-0.2, -0.15) is 13.2 Å². The highest BCUT2D eigenvalue weighted by Gasteiger charge is 2.42. The maximum Gasteiger partial charge on any atom is 0.391 e. The molecule has 0 radical (unpaired) electrons. The lowest BCUT2D eigenvalue weighted by Gasteiger charge is -2.42. The summed E-state index contributed by atoms with van der Waals surface area (Å²) < 4.78 is 38.0. The van der Waals surface area contributed by atoms with Gasteiger partial charge in [0.25, 0.3) is 0 Å². The molecule has 0 bridgehead atoms. The van der Waals surface area contributed by atoms with Crippen LogP contribution in [0.2, 0.25) is 0 Å². The molecule has 2 fully saturated rings. The highest BCUT2D eigenvalue weighted by Crippen LogP contribution is 2.37.